The van der Waals surface area contributed by atoms with Crippen molar-refractivity contribution in [3.8, 4) is 0 Å². The van der Waals surface area contributed by atoms with E-state index in [1.54, 1.807) is 0 Å². The number of carbonyl (C=O) groups excluding carboxylic acids is 1. The van der Waals surface area contributed by atoms with E-state index >= 15 is 0 Å². The Morgan fingerprint density at radius 2 is 2.31 bits per heavy atom. The average Bonchev–Trinajstić information content (AvgIpc) is 2.51. The van der Waals surface area contributed by atoms with Gasteiger partial charge in [0.25, 0.3) is 0 Å². The summed E-state index contributed by atoms with van der Waals surface area (Å²) in [5, 5.41) is 6.13. The summed E-state index contributed by atoms with van der Waals surface area (Å²) in [5.41, 5.74) is 0. The molecule has 0 radical (unpaired) electrons. The fourth-order valence-corrected chi connectivity index (χ4v) is 1.33. The van der Waals surface area contributed by atoms with Gasteiger partial charge in [-0.2, -0.15) is 0 Å². The summed E-state index contributed by atoms with van der Waals surface area (Å²) in [4.78, 5) is 11.4. The van der Waals surface area contributed by atoms with Crippen molar-refractivity contribution in [2.45, 2.75) is 20.3 Å². The largest absolute Gasteiger partial charge is 0.356 e. The van der Waals surface area contributed by atoms with E-state index in [0.717, 1.165) is 26.1 Å². The highest BCUT2D eigenvalue weighted by Crippen LogP contribution is 2.06. The van der Waals surface area contributed by atoms with Gasteiger partial charge in [-0.25, -0.2) is 0 Å². The quantitative estimate of drug-likeness (QED) is 0.717. The van der Waals surface area contributed by atoms with Crippen molar-refractivity contribution >= 4 is 18.3 Å². The molecule has 78 valence electrons. The van der Waals surface area contributed by atoms with Crippen LogP contribution in [-0.2, 0) is 4.79 Å². The first-order valence-corrected chi connectivity index (χ1v) is 4.68. The minimum absolute atomic E-state index is 0. The fraction of sp³-hybridized carbons (Fsp3) is 0.889. The van der Waals surface area contributed by atoms with Crippen LogP contribution in [0.2, 0.25) is 0 Å². The highest BCUT2D eigenvalue weighted by atomic mass is 35.5. The summed E-state index contributed by atoms with van der Waals surface area (Å²) in [6.07, 6.45) is 0.990. The molecule has 3 nitrogen and oxygen atoms in total. The van der Waals surface area contributed by atoms with Gasteiger partial charge in [-0.3, -0.25) is 4.79 Å². The van der Waals surface area contributed by atoms with E-state index in [9.17, 15) is 4.79 Å². The first kappa shape index (κ1) is 12.7. The van der Waals surface area contributed by atoms with E-state index < -0.39 is 0 Å². The maximum atomic E-state index is 11.4. The molecule has 1 saturated heterocycles. The summed E-state index contributed by atoms with van der Waals surface area (Å²) in [7, 11) is 0. The Bertz CT molecular complexity index is 156. The van der Waals surface area contributed by atoms with Crippen LogP contribution in [0, 0.1) is 11.8 Å². The molecule has 1 atom stereocenters. The molecule has 1 rings (SSSR count). The summed E-state index contributed by atoms with van der Waals surface area (Å²) in [5.74, 6) is 0.973. The Morgan fingerprint density at radius 1 is 1.62 bits per heavy atom. The molecule has 0 aromatic carbocycles. The number of hydrogen-bond acceptors (Lipinski definition) is 2. The van der Waals surface area contributed by atoms with Crippen molar-refractivity contribution in [3.05, 3.63) is 0 Å². The van der Waals surface area contributed by atoms with Crippen LogP contribution in [0.15, 0.2) is 0 Å². The van der Waals surface area contributed by atoms with E-state index in [0.29, 0.717) is 5.92 Å². The van der Waals surface area contributed by atoms with Crippen LogP contribution >= 0.6 is 12.4 Å². The molecule has 0 spiro atoms. The maximum Gasteiger partial charge on any atom is 0.224 e. The molecule has 0 aromatic rings. The number of amides is 1. The highest BCUT2D eigenvalue weighted by molar-refractivity contribution is 5.85. The summed E-state index contributed by atoms with van der Waals surface area (Å²) < 4.78 is 0. The van der Waals surface area contributed by atoms with Crippen molar-refractivity contribution in [1.82, 2.24) is 10.6 Å². The van der Waals surface area contributed by atoms with Gasteiger partial charge in [0.2, 0.25) is 5.91 Å². The number of nitrogens with one attached hydrogen (secondary N) is 2. The molecule has 1 amide bonds. The van der Waals surface area contributed by atoms with Gasteiger partial charge >= 0.3 is 0 Å². The van der Waals surface area contributed by atoms with E-state index in [1.165, 1.54) is 0 Å². The highest BCUT2D eigenvalue weighted by Gasteiger charge is 2.21. The van der Waals surface area contributed by atoms with Gasteiger partial charge in [0.15, 0.2) is 0 Å². The van der Waals surface area contributed by atoms with Crippen LogP contribution in [0.3, 0.4) is 0 Å². The molecule has 0 saturated carbocycles. The molecule has 0 aliphatic carbocycles. The molecule has 0 bridgehead atoms. The monoisotopic (exact) mass is 206 g/mol. The molecule has 2 N–H and O–H groups in total. The van der Waals surface area contributed by atoms with Crippen molar-refractivity contribution in [3.63, 3.8) is 0 Å². The van der Waals surface area contributed by atoms with E-state index in [1.807, 2.05) is 0 Å². The zero-order chi connectivity index (χ0) is 8.97. The van der Waals surface area contributed by atoms with Gasteiger partial charge < -0.3 is 10.6 Å². The minimum Gasteiger partial charge on any atom is -0.356 e. The van der Waals surface area contributed by atoms with Gasteiger partial charge in [-0.15, -0.1) is 12.4 Å². The van der Waals surface area contributed by atoms with E-state index in [-0.39, 0.29) is 24.2 Å². The smallest absolute Gasteiger partial charge is 0.224 e. The van der Waals surface area contributed by atoms with E-state index in [2.05, 4.69) is 24.5 Å². The Kier molecular flexibility index (Phi) is 6.08. The van der Waals surface area contributed by atoms with Crippen LogP contribution in [0.4, 0.5) is 0 Å². The van der Waals surface area contributed by atoms with Crippen molar-refractivity contribution < 1.29 is 4.79 Å². The minimum atomic E-state index is 0. The molecule has 4 heteroatoms. The number of rotatable bonds is 3. The predicted molar refractivity (Wildman–Crippen MR) is 56.1 cm³/mol. The van der Waals surface area contributed by atoms with E-state index in [4.69, 9.17) is 0 Å². The van der Waals surface area contributed by atoms with Crippen LogP contribution in [0.1, 0.15) is 20.3 Å². The predicted octanol–water partition coefficient (Wildman–Crippen LogP) is 0.790. The topological polar surface area (TPSA) is 41.1 Å². The molecular weight excluding hydrogens is 188 g/mol. The third-order valence-corrected chi connectivity index (χ3v) is 2.12. The van der Waals surface area contributed by atoms with Gasteiger partial charge in [0.1, 0.15) is 0 Å². The van der Waals surface area contributed by atoms with Crippen molar-refractivity contribution in [2.24, 2.45) is 11.8 Å². The third kappa shape index (κ3) is 4.48. The lowest BCUT2D eigenvalue weighted by molar-refractivity contribution is -0.124. The SMILES string of the molecule is CC(C)CNC(=O)C1CCNC1.Cl. The second kappa shape index (κ2) is 6.22. The molecule has 0 aromatic heterocycles. The van der Waals surface area contributed by atoms with Crippen LogP contribution in [0.25, 0.3) is 0 Å². The van der Waals surface area contributed by atoms with Gasteiger partial charge in [-0.05, 0) is 18.9 Å². The summed E-state index contributed by atoms with van der Waals surface area (Å²) in [6.45, 7) is 6.85. The normalized spacial score (nSPS) is 21.3. The standard InChI is InChI=1S/C9H18N2O.ClH/c1-7(2)5-11-9(12)8-3-4-10-6-8;/h7-8,10H,3-6H2,1-2H3,(H,11,12);1H. The first-order chi connectivity index (χ1) is 5.70. The number of carbonyl (C=O) groups is 1. The number of halogens is 1. The molecule has 13 heavy (non-hydrogen) atoms. The first-order valence-electron chi connectivity index (χ1n) is 4.68. The lowest BCUT2D eigenvalue weighted by atomic mass is 10.1. The molecule has 1 aliphatic heterocycles. The van der Waals surface area contributed by atoms with Crippen molar-refractivity contribution in [2.75, 3.05) is 19.6 Å². The zero-order valence-corrected chi connectivity index (χ0v) is 9.12. The van der Waals surface area contributed by atoms with Crippen LogP contribution in [-0.4, -0.2) is 25.5 Å². The average molecular weight is 207 g/mol. The molecule has 1 fully saturated rings. The summed E-state index contributed by atoms with van der Waals surface area (Å²) >= 11 is 0. The molecule has 1 aliphatic rings. The van der Waals surface area contributed by atoms with Gasteiger partial charge in [-0.1, -0.05) is 13.8 Å². The van der Waals surface area contributed by atoms with Crippen molar-refractivity contribution in [1.29, 1.82) is 0 Å². The molecule has 1 unspecified atom stereocenters. The Hall–Kier alpha value is -0.280. The summed E-state index contributed by atoms with van der Waals surface area (Å²) in [6, 6.07) is 0. The van der Waals surface area contributed by atoms with Crippen LogP contribution < -0.4 is 10.6 Å². The third-order valence-electron chi connectivity index (χ3n) is 2.12. The Balaban J connectivity index is 0.00000144. The molecular formula is C9H19ClN2O. The van der Waals surface area contributed by atoms with Gasteiger partial charge in [0.05, 0.1) is 5.92 Å². The fourth-order valence-electron chi connectivity index (χ4n) is 1.33. The second-order valence-corrected chi connectivity index (χ2v) is 3.83. The Labute approximate surface area is 86.1 Å². The Morgan fingerprint density at radius 3 is 2.77 bits per heavy atom. The van der Waals surface area contributed by atoms with Crippen LogP contribution in [0.5, 0.6) is 0 Å². The lowest BCUT2D eigenvalue weighted by Crippen LogP contribution is -2.34. The molecule has 1 heterocycles. The zero-order valence-electron chi connectivity index (χ0n) is 8.30. The number of hydrogen-bond donors (Lipinski definition) is 2. The lowest BCUT2D eigenvalue weighted by Gasteiger charge is -2.11. The van der Waals surface area contributed by atoms with Gasteiger partial charge in [0, 0.05) is 13.1 Å². The maximum absolute atomic E-state index is 11.4. The second-order valence-electron chi connectivity index (χ2n) is 3.83.